The summed E-state index contributed by atoms with van der Waals surface area (Å²) in [7, 11) is 0. The van der Waals surface area contributed by atoms with E-state index in [0.29, 0.717) is 33.1 Å². The molecule has 0 fully saturated rings. The third-order valence-electron chi connectivity index (χ3n) is 3.83. The molecule has 0 bridgehead atoms. The maximum absolute atomic E-state index is 13.5. The quantitative estimate of drug-likeness (QED) is 0.472. The number of hydrogen-bond acceptors (Lipinski definition) is 4. The summed E-state index contributed by atoms with van der Waals surface area (Å²) in [6, 6.07) is 10.2. The molecule has 0 spiro atoms. The molecule has 1 N–H and O–H groups in total. The van der Waals surface area contributed by atoms with Crippen LogP contribution in [0, 0.1) is 17.5 Å². The highest BCUT2D eigenvalue weighted by Crippen LogP contribution is 2.29. The lowest BCUT2D eigenvalue weighted by molar-refractivity contribution is 0.448. The number of hydrogen-bond donors (Lipinski definition) is 1. The van der Waals surface area contributed by atoms with E-state index in [4.69, 9.17) is 11.6 Å². The highest BCUT2D eigenvalue weighted by atomic mass is 35.5. The van der Waals surface area contributed by atoms with Crippen LogP contribution in [0.15, 0.2) is 54.9 Å². The normalized spacial score (nSPS) is 11.0. The summed E-state index contributed by atoms with van der Waals surface area (Å²) in [5, 5.41) is 3.88. The van der Waals surface area contributed by atoms with Crippen molar-refractivity contribution < 1.29 is 13.2 Å². The van der Waals surface area contributed by atoms with E-state index < -0.39 is 17.5 Å². The van der Waals surface area contributed by atoms with Gasteiger partial charge < -0.3 is 5.32 Å². The smallest absolute Gasteiger partial charge is 0.194 e. The van der Waals surface area contributed by atoms with Crippen LogP contribution in [0.5, 0.6) is 0 Å². The monoisotopic (exact) mass is 386 g/mol. The van der Waals surface area contributed by atoms with Gasteiger partial charge in [-0.15, -0.1) is 0 Å². The Morgan fingerprint density at radius 1 is 0.926 bits per heavy atom. The molecule has 4 rings (SSSR count). The SMILES string of the molecule is Fc1cc(Nc2nc(-c3cccnc3)nc3cc(Cl)ccc23)cc(F)c1F. The van der Waals surface area contributed by atoms with Crippen molar-refractivity contribution in [1.82, 2.24) is 15.0 Å². The molecule has 0 unspecified atom stereocenters. The second-order valence-electron chi connectivity index (χ2n) is 5.68. The van der Waals surface area contributed by atoms with Crippen LogP contribution in [0.2, 0.25) is 5.02 Å². The molecule has 8 heteroatoms. The van der Waals surface area contributed by atoms with Gasteiger partial charge in [0.15, 0.2) is 23.3 Å². The second-order valence-corrected chi connectivity index (χ2v) is 6.11. The molecule has 134 valence electrons. The molecule has 0 aliphatic rings. The van der Waals surface area contributed by atoms with Gasteiger partial charge in [-0.25, -0.2) is 23.1 Å². The number of aromatic nitrogens is 3. The Morgan fingerprint density at radius 2 is 1.70 bits per heavy atom. The molecule has 0 aliphatic carbocycles. The number of nitrogens with zero attached hydrogens (tertiary/aromatic N) is 3. The predicted molar refractivity (Wildman–Crippen MR) is 97.4 cm³/mol. The minimum atomic E-state index is -1.53. The van der Waals surface area contributed by atoms with Crippen molar-refractivity contribution in [2.45, 2.75) is 0 Å². The van der Waals surface area contributed by atoms with Crippen molar-refractivity contribution >= 4 is 34.0 Å². The first kappa shape index (κ1) is 17.2. The predicted octanol–water partition coefficient (Wildman–Crippen LogP) is 5.51. The van der Waals surface area contributed by atoms with E-state index in [9.17, 15) is 13.2 Å². The molecule has 2 aromatic carbocycles. The molecule has 27 heavy (non-hydrogen) atoms. The standard InChI is InChI=1S/C19H10ClF3N4/c20-11-3-4-13-16(6-11)26-18(10-2-1-5-24-9-10)27-19(13)25-12-7-14(21)17(23)15(22)8-12/h1-9H,(H,25,26,27). The molecule has 4 aromatic rings. The van der Waals surface area contributed by atoms with Crippen LogP contribution in [0.1, 0.15) is 0 Å². The molecule has 0 saturated carbocycles. The van der Waals surface area contributed by atoms with Gasteiger partial charge in [0, 0.05) is 46.2 Å². The Labute approximate surface area is 156 Å². The van der Waals surface area contributed by atoms with Crippen LogP contribution < -0.4 is 5.32 Å². The van der Waals surface area contributed by atoms with Crippen molar-refractivity contribution in [2.24, 2.45) is 0 Å². The number of pyridine rings is 1. The van der Waals surface area contributed by atoms with Gasteiger partial charge in [0.05, 0.1) is 5.52 Å². The molecule has 2 aromatic heterocycles. The van der Waals surface area contributed by atoms with Gasteiger partial charge in [-0.05, 0) is 30.3 Å². The van der Waals surface area contributed by atoms with Crippen molar-refractivity contribution in [3.63, 3.8) is 0 Å². The fourth-order valence-corrected chi connectivity index (χ4v) is 2.75. The van der Waals surface area contributed by atoms with Crippen LogP contribution in [0.3, 0.4) is 0 Å². The summed E-state index contributed by atoms with van der Waals surface area (Å²) in [5.41, 5.74) is 1.19. The van der Waals surface area contributed by atoms with Crippen LogP contribution in [0.4, 0.5) is 24.7 Å². The molecule has 0 amide bonds. The molecule has 0 atom stereocenters. The highest BCUT2D eigenvalue weighted by Gasteiger charge is 2.14. The lowest BCUT2D eigenvalue weighted by Crippen LogP contribution is -2.01. The first-order valence-corrected chi connectivity index (χ1v) is 8.18. The van der Waals surface area contributed by atoms with Crippen LogP contribution in [-0.4, -0.2) is 15.0 Å². The average Bonchev–Trinajstić information content (AvgIpc) is 2.66. The minimum absolute atomic E-state index is 0.0125. The van der Waals surface area contributed by atoms with Gasteiger partial charge in [0.25, 0.3) is 0 Å². The van der Waals surface area contributed by atoms with E-state index in [1.807, 2.05) is 0 Å². The van der Waals surface area contributed by atoms with E-state index in [1.54, 1.807) is 42.7 Å². The van der Waals surface area contributed by atoms with E-state index in [2.05, 4.69) is 20.3 Å². The first-order valence-electron chi connectivity index (χ1n) is 7.80. The number of rotatable bonds is 3. The zero-order chi connectivity index (χ0) is 19.0. The first-order chi connectivity index (χ1) is 13.0. The zero-order valence-electron chi connectivity index (χ0n) is 13.5. The summed E-state index contributed by atoms with van der Waals surface area (Å²) in [6.45, 7) is 0. The van der Waals surface area contributed by atoms with Gasteiger partial charge >= 0.3 is 0 Å². The number of benzene rings is 2. The van der Waals surface area contributed by atoms with E-state index >= 15 is 0 Å². The zero-order valence-corrected chi connectivity index (χ0v) is 14.3. The number of anilines is 2. The van der Waals surface area contributed by atoms with E-state index in [-0.39, 0.29) is 5.69 Å². The molecular formula is C19H10ClF3N4. The lowest BCUT2D eigenvalue weighted by atomic mass is 10.2. The topological polar surface area (TPSA) is 50.7 Å². The summed E-state index contributed by atoms with van der Waals surface area (Å²) in [5.74, 6) is -3.49. The maximum Gasteiger partial charge on any atom is 0.194 e. The Kier molecular flexibility index (Phi) is 4.37. The Hall–Kier alpha value is -3.19. The van der Waals surface area contributed by atoms with E-state index in [0.717, 1.165) is 12.1 Å². The fraction of sp³-hybridized carbons (Fsp3) is 0. The number of fused-ring (bicyclic) bond motifs is 1. The molecule has 4 nitrogen and oxygen atoms in total. The third kappa shape index (κ3) is 3.41. The van der Waals surface area contributed by atoms with Crippen molar-refractivity contribution in [3.05, 3.63) is 77.3 Å². The average molecular weight is 387 g/mol. The maximum atomic E-state index is 13.5. The van der Waals surface area contributed by atoms with Gasteiger partial charge in [0.1, 0.15) is 5.82 Å². The number of nitrogens with one attached hydrogen (secondary N) is 1. The second kappa shape index (κ2) is 6.85. The summed E-state index contributed by atoms with van der Waals surface area (Å²) >= 11 is 6.05. The Bertz CT molecular complexity index is 1130. The number of halogens is 4. The van der Waals surface area contributed by atoms with Crippen molar-refractivity contribution in [2.75, 3.05) is 5.32 Å². The third-order valence-corrected chi connectivity index (χ3v) is 4.06. The van der Waals surface area contributed by atoms with Crippen LogP contribution >= 0.6 is 11.6 Å². The van der Waals surface area contributed by atoms with Gasteiger partial charge in [-0.3, -0.25) is 4.98 Å². The Morgan fingerprint density at radius 3 is 2.41 bits per heavy atom. The van der Waals surface area contributed by atoms with Crippen molar-refractivity contribution in [3.8, 4) is 11.4 Å². The fourth-order valence-electron chi connectivity index (χ4n) is 2.59. The van der Waals surface area contributed by atoms with Gasteiger partial charge in [-0.2, -0.15) is 0 Å². The minimum Gasteiger partial charge on any atom is -0.339 e. The highest BCUT2D eigenvalue weighted by molar-refractivity contribution is 6.31. The molecular weight excluding hydrogens is 377 g/mol. The van der Waals surface area contributed by atoms with Gasteiger partial charge in [-0.1, -0.05) is 11.6 Å². The lowest BCUT2D eigenvalue weighted by Gasteiger charge is -2.12. The summed E-state index contributed by atoms with van der Waals surface area (Å²) in [6.07, 6.45) is 3.21. The molecule has 0 radical (unpaired) electrons. The van der Waals surface area contributed by atoms with Crippen LogP contribution in [-0.2, 0) is 0 Å². The van der Waals surface area contributed by atoms with E-state index in [1.165, 1.54) is 0 Å². The van der Waals surface area contributed by atoms with Crippen molar-refractivity contribution in [1.29, 1.82) is 0 Å². The molecule has 0 aliphatic heterocycles. The Balaban J connectivity index is 1.88. The van der Waals surface area contributed by atoms with Gasteiger partial charge in [0.2, 0.25) is 0 Å². The summed E-state index contributed by atoms with van der Waals surface area (Å²) in [4.78, 5) is 12.9. The molecule has 0 saturated heterocycles. The molecule has 2 heterocycles. The summed E-state index contributed by atoms with van der Waals surface area (Å²) < 4.78 is 40.3. The largest absolute Gasteiger partial charge is 0.339 e. The van der Waals surface area contributed by atoms with Crippen LogP contribution in [0.25, 0.3) is 22.3 Å².